The van der Waals surface area contributed by atoms with Gasteiger partial charge in [0.05, 0.1) is 46.7 Å². The Bertz CT molecular complexity index is 1420. The standard InChI is InChI=1S/C28H30N6O2/c1-18-4-3-5-25(32-18)27-26(30-17-31-27)19-6-7-24-21(12-19)13-22(14-29-24)34-11-8-20(15-34)28(35)36-23-9-10-33(2)16-23/h3-7,12-14,17,20,23H,8-11,15-16H2,1-2H3,(H,30,31)/t20-,23-/m1/s1. The molecule has 0 aliphatic carbocycles. The molecule has 0 saturated carbocycles. The first-order valence-corrected chi connectivity index (χ1v) is 12.5. The topological polar surface area (TPSA) is 87.2 Å². The molecular weight excluding hydrogens is 452 g/mol. The van der Waals surface area contributed by atoms with Gasteiger partial charge in [-0.15, -0.1) is 0 Å². The second kappa shape index (κ2) is 9.35. The molecule has 2 aliphatic rings. The number of aromatic nitrogens is 4. The largest absolute Gasteiger partial charge is 0.461 e. The van der Waals surface area contributed by atoms with Crippen LogP contribution < -0.4 is 4.90 Å². The van der Waals surface area contributed by atoms with Crippen LogP contribution in [-0.2, 0) is 9.53 Å². The Balaban J connectivity index is 1.22. The van der Waals surface area contributed by atoms with E-state index in [0.717, 1.165) is 77.4 Å². The van der Waals surface area contributed by atoms with Crippen molar-refractivity contribution in [2.24, 2.45) is 5.92 Å². The molecule has 6 rings (SSSR count). The van der Waals surface area contributed by atoms with Crippen LogP contribution in [0.15, 0.2) is 55.0 Å². The van der Waals surface area contributed by atoms with Crippen molar-refractivity contribution in [3.05, 3.63) is 60.7 Å². The molecule has 0 bridgehead atoms. The van der Waals surface area contributed by atoms with Crippen LogP contribution in [0.1, 0.15) is 18.5 Å². The summed E-state index contributed by atoms with van der Waals surface area (Å²) in [5.41, 5.74) is 6.55. The van der Waals surface area contributed by atoms with Gasteiger partial charge in [0.2, 0.25) is 0 Å². The second-order valence-electron chi connectivity index (χ2n) is 9.93. The van der Waals surface area contributed by atoms with Crippen molar-refractivity contribution in [2.75, 3.05) is 38.1 Å². The monoisotopic (exact) mass is 482 g/mol. The fourth-order valence-electron chi connectivity index (χ4n) is 5.27. The number of aromatic amines is 1. The van der Waals surface area contributed by atoms with Gasteiger partial charge in [-0.3, -0.25) is 14.8 Å². The third kappa shape index (κ3) is 4.44. The van der Waals surface area contributed by atoms with Crippen molar-refractivity contribution in [3.63, 3.8) is 0 Å². The Morgan fingerprint density at radius 1 is 1.08 bits per heavy atom. The lowest BCUT2D eigenvalue weighted by atomic mass is 10.0. The zero-order valence-corrected chi connectivity index (χ0v) is 20.6. The lowest BCUT2D eigenvalue weighted by molar-refractivity contribution is -0.152. The number of hydrogen-bond donors (Lipinski definition) is 1. The maximum Gasteiger partial charge on any atom is 0.311 e. The summed E-state index contributed by atoms with van der Waals surface area (Å²) in [5, 5.41) is 1.04. The summed E-state index contributed by atoms with van der Waals surface area (Å²) >= 11 is 0. The van der Waals surface area contributed by atoms with Gasteiger partial charge in [0, 0.05) is 42.8 Å². The van der Waals surface area contributed by atoms with E-state index in [9.17, 15) is 4.79 Å². The van der Waals surface area contributed by atoms with Crippen LogP contribution in [0.4, 0.5) is 5.69 Å². The molecular formula is C28H30N6O2. The number of nitrogens with zero attached hydrogens (tertiary/aromatic N) is 5. The molecule has 0 spiro atoms. The highest BCUT2D eigenvalue weighted by Gasteiger charge is 2.33. The number of carbonyl (C=O) groups is 1. The number of ether oxygens (including phenoxy) is 1. The van der Waals surface area contributed by atoms with Crippen LogP contribution in [-0.4, -0.2) is 70.1 Å². The van der Waals surface area contributed by atoms with Crippen molar-refractivity contribution in [1.29, 1.82) is 0 Å². The molecule has 184 valence electrons. The number of fused-ring (bicyclic) bond motifs is 1. The molecule has 3 aromatic heterocycles. The summed E-state index contributed by atoms with van der Waals surface area (Å²) in [6, 6.07) is 14.3. The minimum atomic E-state index is -0.0913. The first-order chi connectivity index (χ1) is 17.5. The van der Waals surface area contributed by atoms with E-state index in [0.29, 0.717) is 6.54 Å². The van der Waals surface area contributed by atoms with Gasteiger partial charge in [0.15, 0.2) is 0 Å². The quantitative estimate of drug-likeness (QED) is 0.429. The van der Waals surface area contributed by atoms with E-state index >= 15 is 0 Å². The van der Waals surface area contributed by atoms with E-state index in [-0.39, 0.29) is 18.0 Å². The number of pyridine rings is 2. The summed E-state index contributed by atoms with van der Waals surface area (Å²) in [5.74, 6) is -0.156. The third-order valence-electron chi connectivity index (χ3n) is 7.24. The van der Waals surface area contributed by atoms with E-state index in [1.54, 1.807) is 6.33 Å². The van der Waals surface area contributed by atoms with Gasteiger partial charge in [0.1, 0.15) is 6.10 Å². The molecule has 4 aromatic rings. The number of anilines is 1. The number of H-pyrrole nitrogens is 1. The van der Waals surface area contributed by atoms with Crippen LogP contribution in [0, 0.1) is 12.8 Å². The minimum Gasteiger partial charge on any atom is -0.461 e. The normalized spacial score (nSPS) is 20.3. The van der Waals surface area contributed by atoms with E-state index in [1.807, 2.05) is 43.5 Å². The van der Waals surface area contributed by atoms with Gasteiger partial charge in [-0.2, -0.15) is 0 Å². The molecule has 2 aliphatic heterocycles. The zero-order valence-electron chi connectivity index (χ0n) is 20.6. The number of hydrogen-bond acceptors (Lipinski definition) is 7. The molecule has 0 radical (unpaired) electrons. The predicted molar refractivity (Wildman–Crippen MR) is 140 cm³/mol. The maximum atomic E-state index is 12.7. The van der Waals surface area contributed by atoms with E-state index in [2.05, 4.69) is 43.9 Å². The summed E-state index contributed by atoms with van der Waals surface area (Å²) in [4.78, 5) is 34.4. The van der Waals surface area contributed by atoms with Crippen molar-refractivity contribution < 1.29 is 9.53 Å². The highest BCUT2D eigenvalue weighted by atomic mass is 16.5. The molecule has 1 aromatic carbocycles. The number of nitrogens with one attached hydrogen (secondary N) is 1. The van der Waals surface area contributed by atoms with Crippen LogP contribution in [0.2, 0.25) is 0 Å². The average molecular weight is 483 g/mol. The SMILES string of the molecule is Cc1cccc(-c2[nH]cnc2-c2ccc3ncc(N4CC[C@@H](C(=O)O[C@@H]5CCN(C)C5)C4)cc3c2)n1. The Hall–Kier alpha value is -3.78. The lowest BCUT2D eigenvalue weighted by Crippen LogP contribution is -2.28. The van der Waals surface area contributed by atoms with Gasteiger partial charge >= 0.3 is 5.97 Å². The number of likely N-dealkylation sites (tertiary alicyclic amines) is 1. The molecule has 8 heteroatoms. The number of imidazole rings is 1. The summed E-state index contributed by atoms with van der Waals surface area (Å²) < 4.78 is 5.79. The van der Waals surface area contributed by atoms with Crippen LogP contribution >= 0.6 is 0 Å². The molecule has 2 fully saturated rings. The number of aryl methyl sites for hydroxylation is 1. The first kappa shape index (κ1) is 22.7. The minimum absolute atomic E-state index is 0.0271. The van der Waals surface area contributed by atoms with E-state index in [1.165, 1.54) is 0 Å². The number of esters is 1. The Labute approximate surface area is 210 Å². The van der Waals surface area contributed by atoms with Crippen LogP contribution in [0.3, 0.4) is 0 Å². The van der Waals surface area contributed by atoms with Crippen molar-refractivity contribution in [1.82, 2.24) is 24.8 Å². The summed E-state index contributed by atoms with van der Waals surface area (Å²) in [6.45, 7) is 5.28. The molecule has 2 atom stereocenters. The Kier molecular flexibility index (Phi) is 5.89. The Morgan fingerprint density at radius 2 is 2.00 bits per heavy atom. The molecule has 0 unspecified atom stereocenters. The van der Waals surface area contributed by atoms with Crippen LogP contribution in [0.25, 0.3) is 33.5 Å². The van der Waals surface area contributed by atoms with Gasteiger partial charge in [-0.25, -0.2) is 4.98 Å². The number of benzene rings is 1. The van der Waals surface area contributed by atoms with Gasteiger partial charge in [-0.05, 0) is 57.1 Å². The molecule has 2 saturated heterocycles. The van der Waals surface area contributed by atoms with E-state index < -0.39 is 0 Å². The molecule has 0 amide bonds. The lowest BCUT2D eigenvalue weighted by Gasteiger charge is -2.19. The number of likely N-dealkylation sites (N-methyl/N-ethyl adjacent to an activating group) is 1. The van der Waals surface area contributed by atoms with Gasteiger partial charge in [0.25, 0.3) is 0 Å². The maximum absolute atomic E-state index is 12.7. The van der Waals surface area contributed by atoms with Gasteiger partial charge < -0.3 is 19.5 Å². The fourth-order valence-corrected chi connectivity index (χ4v) is 5.27. The van der Waals surface area contributed by atoms with Gasteiger partial charge in [-0.1, -0.05) is 12.1 Å². The van der Waals surface area contributed by atoms with E-state index in [4.69, 9.17) is 9.72 Å². The summed E-state index contributed by atoms with van der Waals surface area (Å²) in [7, 11) is 2.07. The van der Waals surface area contributed by atoms with Crippen molar-refractivity contribution >= 4 is 22.6 Å². The smallest absolute Gasteiger partial charge is 0.311 e. The number of rotatable bonds is 5. The molecule has 36 heavy (non-hydrogen) atoms. The predicted octanol–water partition coefficient (Wildman–Crippen LogP) is 4.07. The average Bonchev–Trinajstić information content (AvgIpc) is 3.64. The highest BCUT2D eigenvalue weighted by molar-refractivity contribution is 5.88. The van der Waals surface area contributed by atoms with Crippen LogP contribution in [0.5, 0.6) is 0 Å². The zero-order chi connectivity index (χ0) is 24.6. The summed E-state index contributed by atoms with van der Waals surface area (Å²) in [6.07, 6.45) is 5.37. The fraction of sp³-hybridized carbons (Fsp3) is 0.357. The second-order valence-corrected chi connectivity index (χ2v) is 9.93. The number of carbonyl (C=O) groups excluding carboxylic acids is 1. The third-order valence-corrected chi connectivity index (χ3v) is 7.24. The molecule has 5 heterocycles. The molecule has 1 N–H and O–H groups in total. The first-order valence-electron chi connectivity index (χ1n) is 12.5. The Morgan fingerprint density at radius 3 is 2.83 bits per heavy atom. The molecule has 8 nitrogen and oxygen atoms in total. The van der Waals surface area contributed by atoms with Crippen molar-refractivity contribution in [3.8, 4) is 22.6 Å². The highest BCUT2D eigenvalue weighted by Crippen LogP contribution is 2.32. The van der Waals surface area contributed by atoms with Crippen molar-refractivity contribution in [2.45, 2.75) is 25.9 Å².